The van der Waals surface area contributed by atoms with Crippen molar-refractivity contribution in [2.75, 3.05) is 12.4 Å². The molecule has 0 amide bonds. The molecular formula is C30H27ClN4OS. The molecule has 0 radical (unpaired) electrons. The van der Waals surface area contributed by atoms with Crippen LogP contribution >= 0.6 is 23.8 Å². The number of halogens is 1. The summed E-state index contributed by atoms with van der Waals surface area (Å²) < 4.78 is 9.99. The average Bonchev–Trinajstić information content (AvgIpc) is 3.33. The number of thiocarbonyl (C=S) groups is 1. The predicted molar refractivity (Wildman–Crippen MR) is 155 cm³/mol. The van der Waals surface area contributed by atoms with Crippen LogP contribution in [0, 0.1) is 6.92 Å². The van der Waals surface area contributed by atoms with Crippen molar-refractivity contribution >= 4 is 40.1 Å². The third kappa shape index (κ3) is 4.20. The van der Waals surface area contributed by atoms with Crippen molar-refractivity contribution in [3.8, 4) is 28.3 Å². The Kier molecular flexibility index (Phi) is 6.22. The zero-order valence-corrected chi connectivity index (χ0v) is 22.4. The van der Waals surface area contributed by atoms with Gasteiger partial charge in [0, 0.05) is 28.3 Å². The zero-order chi connectivity index (χ0) is 25.5. The van der Waals surface area contributed by atoms with Gasteiger partial charge in [-0.3, -0.25) is 0 Å². The summed E-state index contributed by atoms with van der Waals surface area (Å²) >= 11 is 12.4. The second-order valence-electron chi connectivity index (χ2n) is 9.40. The molecule has 1 N–H and O–H groups in total. The SMILES string of the molecule is COc1ccccc1NC(=S)c1c(-c2ccc(Cl)cc2)c2c3n(c(-c4ccc(C)cc4)nn13)CCCC2. The van der Waals surface area contributed by atoms with Crippen LogP contribution in [0.25, 0.3) is 28.2 Å². The highest BCUT2D eigenvalue weighted by Crippen LogP contribution is 2.39. The Balaban J connectivity index is 1.60. The van der Waals surface area contributed by atoms with Crippen LogP contribution in [0.4, 0.5) is 5.69 Å². The van der Waals surface area contributed by atoms with Gasteiger partial charge in [0.2, 0.25) is 0 Å². The zero-order valence-electron chi connectivity index (χ0n) is 20.8. The minimum absolute atomic E-state index is 0.594. The number of hydrogen-bond acceptors (Lipinski definition) is 3. The first-order valence-corrected chi connectivity index (χ1v) is 13.2. The van der Waals surface area contributed by atoms with Crippen LogP contribution in [0.5, 0.6) is 5.75 Å². The first-order chi connectivity index (χ1) is 18.0. The summed E-state index contributed by atoms with van der Waals surface area (Å²) in [5, 5.41) is 9.35. The second-order valence-corrected chi connectivity index (χ2v) is 10.2. The lowest BCUT2D eigenvalue weighted by molar-refractivity contribution is 0.417. The molecule has 186 valence electrons. The molecule has 37 heavy (non-hydrogen) atoms. The molecule has 0 saturated heterocycles. The molecule has 1 aliphatic heterocycles. The van der Waals surface area contributed by atoms with Gasteiger partial charge >= 0.3 is 0 Å². The number of nitrogens with one attached hydrogen (secondary N) is 1. The monoisotopic (exact) mass is 526 g/mol. The molecule has 1 aliphatic rings. The molecule has 0 fully saturated rings. The summed E-state index contributed by atoms with van der Waals surface area (Å²) in [6.45, 7) is 3.02. The topological polar surface area (TPSA) is 43.5 Å². The van der Waals surface area contributed by atoms with Gasteiger partial charge in [-0.25, -0.2) is 4.52 Å². The average molecular weight is 527 g/mol. The van der Waals surface area contributed by atoms with Crippen molar-refractivity contribution in [3.63, 3.8) is 0 Å². The molecule has 6 rings (SSSR count). The van der Waals surface area contributed by atoms with Gasteiger partial charge in [-0.1, -0.05) is 77.9 Å². The summed E-state index contributed by atoms with van der Waals surface area (Å²) in [5.41, 5.74) is 8.59. The maximum absolute atomic E-state index is 6.26. The lowest BCUT2D eigenvalue weighted by Gasteiger charge is -2.14. The quantitative estimate of drug-likeness (QED) is 0.240. The number of methoxy groups -OCH3 is 1. The smallest absolute Gasteiger partial charge is 0.162 e. The number of nitrogens with zero attached hydrogens (tertiary/aromatic N) is 3. The van der Waals surface area contributed by atoms with E-state index in [0.717, 1.165) is 71.1 Å². The van der Waals surface area contributed by atoms with Crippen LogP contribution in [0.3, 0.4) is 0 Å². The van der Waals surface area contributed by atoms with Crippen LogP contribution in [0.1, 0.15) is 29.7 Å². The number of aryl methyl sites for hydroxylation is 3. The molecule has 0 aliphatic carbocycles. The molecule has 5 nitrogen and oxygen atoms in total. The molecule has 0 unspecified atom stereocenters. The lowest BCUT2D eigenvalue weighted by Crippen LogP contribution is -2.15. The van der Waals surface area contributed by atoms with E-state index in [1.54, 1.807) is 7.11 Å². The number of rotatable bonds is 5. The van der Waals surface area contributed by atoms with Gasteiger partial charge < -0.3 is 14.6 Å². The number of anilines is 1. The first-order valence-electron chi connectivity index (χ1n) is 12.5. The standard InChI is InChI=1S/C30H27ClN4OS/c1-19-10-12-21(13-11-19)28-33-35-27(29(37)32-24-8-3-4-9-25(24)36-2)26(20-14-16-22(31)17-15-20)23-7-5-6-18-34(28)30(23)35/h3-4,8-17H,5-7,18H2,1-2H3,(H,32,37). The number of aromatic nitrogens is 3. The van der Waals surface area contributed by atoms with Gasteiger partial charge in [-0.15, -0.1) is 5.10 Å². The predicted octanol–water partition coefficient (Wildman–Crippen LogP) is 7.56. The summed E-state index contributed by atoms with van der Waals surface area (Å²) in [6.07, 6.45) is 3.15. The van der Waals surface area contributed by atoms with E-state index in [0.29, 0.717) is 10.0 Å². The summed E-state index contributed by atoms with van der Waals surface area (Å²) in [5.74, 6) is 1.69. The molecule has 5 aromatic rings. The van der Waals surface area contributed by atoms with Crippen molar-refractivity contribution in [2.45, 2.75) is 32.7 Å². The Morgan fingerprint density at radius 3 is 2.46 bits per heavy atom. The molecule has 0 saturated carbocycles. The van der Waals surface area contributed by atoms with Gasteiger partial charge in [0.25, 0.3) is 0 Å². The largest absolute Gasteiger partial charge is 0.495 e. The fraction of sp³-hybridized carbons (Fsp3) is 0.200. The molecule has 0 atom stereocenters. The Morgan fingerprint density at radius 2 is 1.70 bits per heavy atom. The third-order valence-electron chi connectivity index (χ3n) is 7.00. The molecule has 3 heterocycles. The van der Waals surface area contributed by atoms with Crippen LogP contribution in [0.15, 0.2) is 72.8 Å². The number of para-hydroxylation sites is 2. The molecule has 3 aromatic carbocycles. The normalized spacial score (nSPS) is 12.9. The highest BCUT2D eigenvalue weighted by molar-refractivity contribution is 7.81. The Morgan fingerprint density at radius 1 is 0.973 bits per heavy atom. The molecule has 0 bridgehead atoms. The van der Waals surface area contributed by atoms with E-state index < -0.39 is 0 Å². The van der Waals surface area contributed by atoms with Crippen molar-refractivity contribution in [1.82, 2.24) is 14.2 Å². The fourth-order valence-electron chi connectivity index (χ4n) is 5.22. The van der Waals surface area contributed by atoms with Crippen LogP contribution < -0.4 is 10.1 Å². The summed E-state index contributed by atoms with van der Waals surface area (Å²) in [4.78, 5) is 0.594. The highest BCUT2D eigenvalue weighted by Gasteiger charge is 2.29. The maximum Gasteiger partial charge on any atom is 0.162 e. The highest BCUT2D eigenvalue weighted by atomic mass is 35.5. The van der Waals surface area contributed by atoms with Gasteiger partial charge in [0.15, 0.2) is 5.82 Å². The van der Waals surface area contributed by atoms with Crippen molar-refractivity contribution in [1.29, 1.82) is 0 Å². The van der Waals surface area contributed by atoms with Gasteiger partial charge in [-0.05, 0) is 56.0 Å². The van der Waals surface area contributed by atoms with Crippen LogP contribution in [-0.4, -0.2) is 26.3 Å². The van der Waals surface area contributed by atoms with Crippen molar-refractivity contribution < 1.29 is 4.74 Å². The van der Waals surface area contributed by atoms with E-state index in [1.807, 2.05) is 40.9 Å². The van der Waals surface area contributed by atoms with E-state index in [1.165, 1.54) is 11.1 Å². The molecular weight excluding hydrogens is 500 g/mol. The van der Waals surface area contributed by atoms with E-state index in [2.05, 4.69) is 53.2 Å². The van der Waals surface area contributed by atoms with Crippen molar-refractivity contribution in [3.05, 3.63) is 94.6 Å². The van der Waals surface area contributed by atoms with Crippen LogP contribution in [-0.2, 0) is 13.0 Å². The molecule has 0 spiro atoms. The summed E-state index contributed by atoms with van der Waals surface area (Å²) in [6, 6.07) is 24.4. The van der Waals surface area contributed by atoms with E-state index in [-0.39, 0.29) is 0 Å². The first kappa shape index (κ1) is 23.8. The Labute approximate surface area is 226 Å². The van der Waals surface area contributed by atoms with Crippen LogP contribution in [0.2, 0.25) is 5.02 Å². The number of hydrogen-bond donors (Lipinski definition) is 1. The lowest BCUT2D eigenvalue weighted by atomic mass is 9.98. The number of ether oxygens (including phenoxy) is 1. The minimum atomic E-state index is 0.594. The van der Waals surface area contributed by atoms with E-state index >= 15 is 0 Å². The fourth-order valence-corrected chi connectivity index (χ4v) is 5.65. The second kappa shape index (κ2) is 9.69. The Hall–Kier alpha value is -3.61. The number of benzene rings is 3. The van der Waals surface area contributed by atoms with E-state index in [4.69, 9.17) is 33.7 Å². The van der Waals surface area contributed by atoms with Gasteiger partial charge in [0.1, 0.15) is 22.1 Å². The van der Waals surface area contributed by atoms with Gasteiger partial charge in [-0.2, -0.15) is 0 Å². The maximum atomic E-state index is 6.26. The third-order valence-corrected chi connectivity index (χ3v) is 7.55. The van der Waals surface area contributed by atoms with E-state index in [9.17, 15) is 0 Å². The van der Waals surface area contributed by atoms with Gasteiger partial charge in [0.05, 0.1) is 12.8 Å². The minimum Gasteiger partial charge on any atom is -0.495 e. The summed E-state index contributed by atoms with van der Waals surface area (Å²) in [7, 11) is 1.66. The van der Waals surface area contributed by atoms with Crippen molar-refractivity contribution in [2.24, 2.45) is 0 Å². The molecule has 7 heteroatoms. The molecule has 2 aromatic heterocycles. The Bertz CT molecular complexity index is 1620.